The van der Waals surface area contributed by atoms with Crippen molar-refractivity contribution in [2.75, 3.05) is 17.3 Å². The first kappa shape index (κ1) is 19.8. The smallest absolute Gasteiger partial charge is 0.411 e. The minimum absolute atomic E-state index is 0.180. The Hall–Kier alpha value is -2.91. The second-order valence-corrected chi connectivity index (χ2v) is 7.06. The highest BCUT2D eigenvalue weighted by atomic mass is 79.9. The van der Waals surface area contributed by atoms with Crippen LogP contribution in [0.3, 0.4) is 0 Å². The molecule has 10 heteroatoms. The summed E-state index contributed by atoms with van der Waals surface area (Å²) >= 11 is 9.45. The van der Waals surface area contributed by atoms with Gasteiger partial charge in [0, 0.05) is 19.3 Å². The van der Waals surface area contributed by atoms with Crippen LogP contribution in [-0.2, 0) is 0 Å². The molecule has 0 saturated heterocycles. The van der Waals surface area contributed by atoms with Gasteiger partial charge in [0.1, 0.15) is 10.3 Å². The lowest BCUT2D eigenvalue weighted by Crippen LogP contribution is -2.26. The van der Waals surface area contributed by atoms with Crippen LogP contribution in [0.1, 0.15) is 16.1 Å². The van der Waals surface area contributed by atoms with E-state index in [4.69, 9.17) is 11.6 Å². The summed E-state index contributed by atoms with van der Waals surface area (Å²) in [5.41, 5.74) is 1.62. The van der Waals surface area contributed by atoms with Gasteiger partial charge in [-0.3, -0.25) is 9.69 Å². The van der Waals surface area contributed by atoms with Crippen molar-refractivity contribution in [3.8, 4) is 5.82 Å². The Morgan fingerprint density at radius 1 is 1.29 bits per heavy atom. The summed E-state index contributed by atoms with van der Waals surface area (Å²) in [6.45, 7) is 1.78. The second-order valence-electron chi connectivity index (χ2n) is 5.84. The summed E-state index contributed by atoms with van der Waals surface area (Å²) < 4.78 is 1.74. The number of carbonyl (C=O) groups is 2. The fraction of sp³-hybridized carbons (Fsp3) is 0.111. The highest BCUT2D eigenvalue weighted by molar-refractivity contribution is 9.10. The molecule has 3 rings (SSSR count). The first-order valence-electron chi connectivity index (χ1n) is 8.03. The molecule has 0 fully saturated rings. The van der Waals surface area contributed by atoms with E-state index in [0.29, 0.717) is 32.4 Å². The van der Waals surface area contributed by atoms with Crippen molar-refractivity contribution in [2.24, 2.45) is 0 Å². The zero-order chi connectivity index (χ0) is 20.4. The first-order chi connectivity index (χ1) is 13.3. The van der Waals surface area contributed by atoms with E-state index in [-0.39, 0.29) is 5.69 Å². The maximum Gasteiger partial charge on any atom is 0.411 e. The van der Waals surface area contributed by atoms with Gasteiger partial charge in [0.25, 0.3) is 5.91 Å². The number of para-hydroxylation sites is 1. The van der Waals surface area contributed by atoms with Gasteiger partial charge in [-0.05, 0) is 46.6 Å². The lowest BCUT2D eigenvalue weighted by molar-refractivity contribution is 0.101. The van der Waals surface area contributed by atoms with Crippen LogP contribution >= 0.6 is 27.5 Å². The molecule has 3 aromatic rings. The average molecular weight is 465 g/mol. The Morgan fingerprint density at radius 3 is 2.71 bits per heavy atom. The van der Waals surface area contributed by atoms with Crippen molar-refractivity contribution in [3.63, 3.8) is 0 Å². The number of pyridine rings is 1. The van der Waals surface area contributed by atoms with Gasteiger partial charge in [-0.1, -0.05) is 23.7 Å². The third kappa shape index (κ3) is 3.85. The van der Waals surface area contributed by atoms with Gasteiger partial charge >= 0.3 is 6.09 Å². The molecular formula is C18H15BrClN5O3. The quantitative estimate of drug-likeness (QED) is 0.597. The molecule has 0 aliphatic carbocycles. The van der Waals surface area contributed by atoms with Crippen LogP contribution in [0.5, 0.6) is 0 Å². The molecule has 0 spiro atoms. The normalized spacial score (nSPS) is 10.6. The van der Waals surface area contributed by atoms with Gasteiger partial charge in [0.2, 0.25) is 0 Å². The molecule has 2 aromatic heterocycles. The molecule has 1 aromatic carbocycles. The minimum Gasteiger partial charge on any atom is -0.465 e. The standard InChI is InChI=1S/C18H15BrClN5O3/c1-10-5-3-7-12(24(2)18(27)28)15(10)22-17(26)13-9-14(19)23-25(13)16-11(20)6-4-8-21-16/h3-9H,1-2H3,(H,22,26)(H,27,28). The van der Waals surface area contributed by atoms with Crippen LogP contribution in [-0.4, -0.2) is 38.9 Å². The van der Waals surface area contributed by atoms with Crippen LogP contribution in [0.2, 0.25) is 5.02 Å². The maximum atomic E-state index is 13.0. The fourth-order valence-electron chi connectivity index (χ4n) is 2.58. The molecule has 0 bridgehead atoms. The molecule has 0 saturated carbocycles. The van der Waals surface area contributed by atoms with Gasteiger partial charge in [-0.15, -0.1) is 0 Å². The molecule has 2 N–H and O–H groups in total. The molecule has 0 atom stereocenters. The van der Waals surface area contributed by atoms with Gasteiger partial charge in [0.15, 0.2) is 5.82 Å². The third-order valence-corrected chi connectivity index (χ3v) is 4.67. The SMILES string of the molecule is Cc1cccc(N(C)C(=O)O)c1NC(=O)c1cc(Br)nn1-c1ncccc1Cl. The Labute approximate surface area is 173 Å². The second kappa shape index (κ2) is 7.99. The molecule has 0 aliphatic rings. The summed E-state index contributed by atoms with van der Waals surface area (Å²) in [5.74, 6) is -0.193. The molecule has 8 nitrogen and oxygen atoms in total. The summed E-state index contributed by atoms with van der Waals surface area (Å²) in [4.78, 5) is 29.6. The van der Waals surface area contributed by atoms with E-state index in [1.165, 1.54) is 17.8 Å². The molecule has 0 radical (unpaired) electrons. The number of amides is 2. The van der Waals surface area contributed by atoms with Crippen LogP contribution in [0.15, 0.2) is 47.2 Å². The number of carbonyl (C=O) groups excluding carboxylic acids is 1. The van der Waals surface area contributed by atoms with Crippen LogP contribution in [0, 0.1) is 6.92 Å². The molecule has 144 valence electrons. The molecule has 28 heavy (non-hydrogen) atoms. The monoisotopic (exact) mass is 463 g/mol. The molecule has 2 heterocycles. The Kier molecular flexibility index (Phi) is 5.66. The van der Waals surface area contributed by atoms with Gasteiger partial charge in [-0.2, -0.15) is 5.10 Å². The van der Waals surface area contributed by atoms with E-state index in [1.54, 1.807) is 43.5 Å². The van der Waals surface area contributed by atoms with Gasteiger partial charge < -0.3 is 10.4 Å². The van der Waals surface area contributed by atoms with Gasteiger partial charge in [0.05, 0.1) is 16.4 Å². The highest BCUT2D eigenvalue weighted by Crippen LogP contribution is 2.30. The number of benzene rings is 1. The lowest BCUT2D eigenvalue weighted by Gasteiger charge is -2.20. The number of carboxylic acid groups (broad SMARTS) is 1. The van der Waals surface area contributed by atoms with Crippen molar-refractivity contribution in [2.45, 2.75) is 6.92 Å². The molecule has 2 amide bonds. The highest BCUT2D eigenvalue weighted by Gasteiger charge is 2.22. The fourth-order valence-corrected chi connectivity index (χ4v) is 3.16. The van der Waals surface area contributed by atoms with Crippen LogP contribution in [0.25, 0.3) is 5.82 Å². The van der Waals surface area contributed by atoms with Crippen molar-refractivity contribution >= 4 is 50.9 Å². The van der Waals surface area contributed by atoms with Gasteiger partial charge in [-0.25, -0.2) is 14.5 Å². The Morgan fingerprint density at radius 2 is 2.04 bits per heavy atom. The number of hydrogen-bond acceptors (Lipinski definition) is 4. The summed E-state index contributed by atoms with van der Waals surface area (Å²) in [7, 11) is 1.40. The number of aromatic nitrogens is 3. The van der Waals surface area contributed by atoms with Crippen molar-refractivity contribution < 1.29 is 14.7 Å². The zero-order valence-electron chi connectivity index (χ0n) is 14.8. The number of nitrogens with zero attached hydrogens (tertiary/aromatic N) is 4. The van der Waals surface area contributed by atoms with E-state index >= 15 is 0 Å². The summed E-state index contributed by atoms with van der Waals surface area (Å²) in [5, 5.41) is 16.6. The predicted molar refractivity (Wildman–Crippen MR) is 110 cm³/mol. The lowest BCUT2D eigenvalue weighted by atomic mass is 10.1. The molecule has 0 aliphatic heterocycles. The van der Waals surface area contributed by atoms with Crippen molar-refractivity contribution in [1.82, 2.24) is 14.8 Å². The first-order valence-corrected chi connectivity index (χ1v) is 9.20. The van der Waals surface area contributed by atoms with E-state index in [9.17, 15) is 14.7 Å². The number of hydrogen-bond donors (Lipinski definition) is 2. The number of nitrogens with one attached hydrogen (secondary N) is 1. The Balaban J connectivity index is 2.03. The summed E-state index contributed by atoms with van der Waals surface area (Å²) in [6, 6.07) is 9.94. The van der Waals surface area contributed by atoms with E-state index < -0.39 is 12.0 Å². The van der Waals surface area contributed by atoms with E-state index in [0.717, 1.165) is 4.90 Å². The molecular weight excluding hydrogens is 450 g/mol. The number of rotatable bonds is 4. The number of aryl methyl sites for hydroxylation is 1. The third-order valence-electron chi connectivity index (χ3n) is 3.99. The molecule has 0 unspecified atom stereocenters. The minimum atomic E-state index is -1.14. The largest absolute Gasteiger partial charge is 0.465 e. The van der Waals surface area contributed by atoms with E-state index in [1.807, 2.05) is 0 Å². The zero-order valence-corrected chi connectivity index (χ0v) is 17.2. The summed E-state index contributed by atoms with van der Waals surface area (Å²) in [6.07, 6.45) is 0.397. The number of halogens is 2. The van der Waals surface area contributed by atoms with Crippen molar-refractivity contribution in [3.05, 3.63) is 63.5 Å². The number of anilines is 2. The maximum absolute atomic E-state index is 13.0. The van der Waals surface area contributed by atoms with Crippen LogP contribution < -0.4 is 10.2 Å². The Bertz CT molecular complexity index is 1070. The van der Waals surface area contributed by atoms with E-state index in [2.05, 4.69) is 31.3 Å². The predicted octanol–water partition coefficient (Wildman–Crippen LogP) is 4.36. The van der Waals surface area contributed by atoms with Crippen molar-refractivity contribution in [1.29, 1.82) is 0 Å². The van der Waals surface area contributed by atoms with Crippen LogP contribution in [0.4, 0.5) is 16.2 Å². The topological polar surface area (TPSA) is 100 Å². The average Bonchev–Trinajstić information content (AvgIpc) is 3.04.